The second-order valence-corrected chi connectivity index (χ2v) is 9.16. The van der Waals surface area contributed by atoms with Crippen LogP contribution in [0, 0.1) is 6.92 Å². The lowest BCUT2D eigenvalue weighted by Gasteiger charge is -2.19. The lowest BCUT2D eigenvalue weighted by atomic mass is 10.0. The first-order valence-electron chi connectivity index (χ1n) is 12.3. The van der Waals surface area contributed by atoms with Gasteiger partial charge in [0.15, 0.2) is 5.78 Å². The molecule has 2 heterocycles. The van der Waals surface area contributed by atoms with E-state index in [1.165, 1.54) is 12.1 Å². The van der Waals surface area contributed by atoms with Crippen LogP contribution in [-0.2, 0) is 19.1 Å². The molecule has 0 aliphatic rings. The molecule has 2 aromatic carbocycles. The fraction of sp³-hybridized carbons (Fsp3) is 0.233. The Morgan fingerprint density at radius 3 is 2.34 bits per heavy atom. The van der Waals surface area contributed by atoms with Crippen molar-refractivity contribution in [1.82, 2.24) is 14.5 Å². The predicted molar refractivity (Wildman–Crippen MR) is 140 cm³/mol. The summed E-state index contributed by atoms with van der Waals surface area (Å²) in [7, 11) is 1.74. The van der Waals surface area contributed by atoms with Crippen LogP contribution in [0.1, 0.15) is 44.0 Å². The number of carbonyl (C=O) groups is 2. The van der Waals surface area contributed by atoms with Gasteiger partial charge in [0, 0.05) is 61.5 Å². The summed E-state index contributed by atoms with van der Waals surface area (Å²) in [6.07, 6.45) is -0.802. The highest BCUT2D eigenvalue weighted by Crippen LogP contribution is 2.31. The normalized spacial score (nSPS) is 11.4. The molecule has 5 nitrogen and oxygen atoms in total. The maximum absolute atomic E-state index is 13.3. The number of pyridine rings is 1. The van der Waals surface area contributed by atoms with Gasteiger partial charge in [0.1, 0.15) is 0 Å². The SMILES string of the molecule is Cc1c(C(=O)Cc2cccc(C(F)(F)F)c2)cc(-c2ccccc2)n1CCCN(C)C(=O)c1ccncc1. The van der Waals surface area contributed by atoms with Crippen LogP contribution in [0.5, 0.6) is 0 Å². The molecule has 0 radical (unpaired) electrons. The van der Waals surface area contributed by atoms with Gasteiger partial charge in [-0.2, -0.15) is 13.2 Å². The molecule has 0 aliphatic heterocycles. The first-order valence-corrected chi connectivity index (χ1v) is 12.3. The lowest BCUT2D eigenvalue weighted by molar-refractivity contribution is -0.137. The van der Waals surface area contributed by atoms with Crippen molar-refractivity contribution in [3.8, 4) is 11.3 Å². The fourth-order valence-electron chi connectivity index (χ4n) is 4.48. The quantitative estimate of drug-likeness (QED) is 0.238. The van der Waals surface area contributed by atoms with E-state index in [9.17, 15) is 22.8 Å². The number of alkyl halides is 3. The molecule has 0 saturated heterocycles. The maximum Gasteiger partial charge on any atom is 0.416 e. The number of nitrogens with zero attached hydrogens (tertiary/aromatic N) is 3. The van der Waals surface area contributed by atoms with Gasteiger partial charge in [0.05, 0.1) is 5.56 Å². The average Bonchev–Trinajstić information content (AvgIpc) is 3.25. The van der Waals surface area contributed by atoms with E-state index >= 15 is 0 Å². The summed E-state index contributed by atoms with van der Waals surface area (Å²) >= 11 is 0. The molecule has 0 aliphatic carbocycles. The first kappa shape index (κ1) is 26.9. The van der Waals surface area contributed by atoms with Crippen LogP contribution < -0.4 is 0 Å². The Balaban J connectivity index is 1.55. The van der Waals surface area contributed by atoms with Gasteiger partial charge in [-0.25, -0.2) is 0 Å². The Kier molecular flexibility index (Phi) is 8.10. The van der Waals surface area contributed by atoms with E-state index in [2.05, 4.69) is 4.98 Å². The first-order chi connectivity index (χ1) is 18.1. The number of benzene rings is 2. The number of rotatable bonds is 9. The topological polar surface area (TPSA) is 55.2 Å². The molecule has 0 atom stereocenters. The van der Waals surface area contributed by atoms with Crippen LogP contribution in [0.4, 0.5) is 13.2 Å². The van der Waals surface area contributed by atoms with Crippen molar-refractivity contribution in [1.29, 1.82) is 0 Å². The summed E-state index contributed by atoms with van der Waals surface area (Å²) in [5.74, 6) is -0.348. The summed E-state index contributed by atoms with van der Waals surface area (Å²) in [6.45, 7) is 2.90. The number of hydrogen-bond acceptors (Lipinski definition) is 3. The minimum absolute atomic E-state index is 0.100. The molecule has 196 valence electrons. The van der Waals surface area contributed by atoms with Gasteiger partial charge in [-0.1, -0.05) is 48.5 Å². The molecule has 0 spiro atoms. The molecular formula is C30H28F3N3O2. The van der Waals surface area contributed by atoms with E-state index in [0.717, 1.165) is 29.1 Å². The molecule has 4 rings (SSSR count). The number of halogens is 3. The molecular weight excluding hydrogens is 491 g/mol. The number of hydrogen-bond donors (Lipinski definition) is 0. The Bertz CT molecular complexity index is 1410. The van der Waals surface area contributed by atoms with Crippen molar-refractivity contribution in [3.05, 3.63) is 113 Å². The van der Waals surface area contributed by atoms with E-state index in [4.69, 9.17) is 0 Å². The van der Waals surface area contributed by atoms with Crippen molar-refractivity contribution in [2.75, 3.05) is 13.6 Å². The zero-order valence-electron chi connectivity index (χ0n) is 21.2. The highest BCUT2D eigenvalue weighted by Gasteiger charge is 2.30. The Morgan fingerprint density at radius 2 is 1.66 bits per heavy atom. The summed E-state index contributed by atoms with van der Waals surface area (Å²) in [5.41, 5.74) is 3.09. The minimum atomic E-state index is -4.47. The number of ketones is 1. The number of aromatic nitrogens is 2. The molecule has 2 aromatic heterocycles. The second kappa shape index (κ2) is 11.5. The van der Waals surface area contributed by atoms with Crippen molar-refractivity contribution in [3.63, 3.8) is 0 Å². The largest absolute Gasteiger partial charge is 0.416 e. The van der Waals surface area contributed by atoms with Gasteiger partial charge < -0.3 is 9.47 Å². The van der Waals surface area contributed by atoms with Gasteiger partial charge in [-0.3, -0.25) is 14.6 Å². The van der Waals surface area contributed by atoms with Crippen molar-refractivity contribution < 1.29 is 22.8 Å². The van der Waals surface area contributed by atoms with Crippen LogP contribution in [0.15, 0.2) is 85.2 Å². The summed E-state index contributed by atoms with van der Waals surface area (Å²) in [6, 6.07) is 19.7. The van der Waals surface area contributed by atoms with Crippen LogP contribution in [0.2, 0.25) is 0 Å². The third kappa shape index (κ3) is 6.19. The van der Waals surface area contributed by atoms with E-state index < -0.39 is 11.7 Å². The standard InChI is InChI=1S/C30H28F3N3O2/c1-21-26(28(37)19-22-8-6-11-25(18-22)30(31,32)33)20-27(23-9-4-3-5-10-23)36(21)17-7-16-35(2)29(38)24-12-14-34-15-13-24/h3-6,8-15,18,20H,7,16-17,19H2,1-2H3. The van der Waals surface area contributed by atoms with E-state index in [1.54, 1.807) is 36.5 Å². The zero-order chi connectivity index (χ0) is 27.3. The zero-order valence-corrected chi connectivity index (χ0v) is 21.2. The van der Waals surface area contributed by atoms with Crippen LogP contribution >= 0.6 is 0 Å². The summed E-state index contributed by atoms with van der Waals surface area (Å²) in [5, 5.41) is 0. The predicted octanol–water partition coefficient (Wildman–Crippen LogP) is 6.47. The van der Waals surface area contributed by atoms with E-state index in [-0.39, 0.29) is 18.1 Å². The van der Waals surface area contributed by atoms with E-state index in [0.29, 0.717) is 36.2 Å². The van der Waals surface area contributed by atoms with Crippen molar-refractivity contribution in [2.24, 2.45) is 0 Å². The smallest absolute Gasteiger partial charge is 0.344 e. The average molecular weight is 520 g/mol. The highest BCUT2D eigenvalue weighted by atomic mass is 19.4. The van der Waals surface area contributed by atoms with E-state index in [1.807, 2.05) is 47.9 Å². The molecule has 8 heteroatoms. The Labute approximate surface area is 219 Å². The molecule has 0 fully saturated rings. The summed E-state index contributed by atoms with van der Waals surface area (Å²) < 4.78 is 41.5. The second-order valence-electron chi connectivity index (χ2n) is 9.16. The van der Waals surface area contributed by atoms with Crippen molar-refractivity contribution in [2.45, 2.75) is 32.5 Å². The number of carbonyl (C=O) groups excluding carboxylic acids is 2. The molecule has 1 amide bonds. The third-order valence-corrected chi connectivity index (χ3v) is 6.50. The number of Topliss-reactive ketones (excluding diaryl/α,β-unsaturated/α-hetero) is 1. The molecule has 0 unspecified atom stereocenters. The van der Waals surface area contributed by atoms with Crippen LogP contribution in [0.3, 0.4) is 0 Å². The van der Waals surface area contributed by atoms with Gasteiger partial charge in [0.25, 0.3) is 5.91 Å². The van der Waals surface area contributed by atoms with Crippen LogP contribution in [-0.4, -0.2) is 39.7 Å². The van der Waals surface area contributed by atoms with Gasteiger partial charge >= 0.3 is 6.18 Å². The minimum Gasteiger partial charge on any atom is -0.344 e. The molecule has 4 aromatic rings. The Hall–Kier alpha value is -4.20. The number of amides is 1. The van der Waals surface area contributed by atoms with Crippen molar-refractivity contribution >= 4 is 11.7 Å². The maximum atomic E-state index is 13.3. The summed E-state index contributed by atoms with van der Waals surface area (Å²) in [4.78, 5) is 31.5. The molecule has 0 saturated carbocycles. The lowest BCUT2D eigenvalue weighted by Crippen LogP contribution is -2.28. The molecule has 38 heavy (non-hydrogen) atoms. The highest BCUT2D eigenvalue weighted by molar-refractivity contribution is 6.00. The monoisotopic (exact) mass is 519 g/mol. The molecule has 0 bridgehead atoms. The third-order valence-electron chi connectivity index (χ3n) is 6.50. The van der Waals surface area contributed by atoms with Gasteiger partial charge in [0.2, 0.25) is 0 Å². The van der Waals surface area contributed by atoms with Crippen LogP contribution in [0.25, 0.3) is 11.3 Å². The molecule has 0 N–H and O–H groups in total. The fourth-order valence-corrected chi connectivity index (χ4v) is 4.48. The van der Waals surface area contributed by atoms with Gasteiger partial charge in [-0.15, -0.1) is 0 Å². The Morgan fingerprint density at radius 1 is 0.947 bits per heavy atom. The van der Waals surface area contributed by atoms with Gasteiger partial charge in [-0.05, 0) is 48.7 Å².